The molecule has 0 spiro atoms. The molecule has 7 heteroatoms. The van der Waals surface area contributed by atoms with Gasteiger partial charge in [0.05, 0.1) is 23.9 Å². The molecule has 1 atom stereocenters. The van der Waals surface area contributed by atoms with Crippen LogP contribution in [0.1, 0.15) is 49.0 Å². The van der Waals surface area contributed by atoms with Crippen molar-refractivity contribution in [1.82, 2.24) is 9.55 Å². The number of aryl methyl sites for hydroxylation is 1. The minimum atomic E-state index is -0.588. The predicted molar refractivity (Wildman–Crippen MR) is 84.6 cm³/mol. The minimum Gasteiger partial charge on any atom is -0.459 e. The Labute approximate surface area is 131 Å². The Hall–Kier alpha value is -2.02. The van der Waals surface area contributed by atoms with Crippen LogP contribution in [0.4, 0.5) is 0 Å². The number of ether oxygens (including phenoxy) is 1. The first-order chi connectivity index (χ1) is 10.2. The number of esters is 1. The van der Waals surface area contributed by atoms with E-state index in [4.69, 9.17) is 4.74 Å². The van der Waals surface area contributed by atoms with Gasteiger partial charge >= 0.3 is 5.97 Å². The Morgan fingerprint density at radius 1 is 1.32 bits per heavy atom. The van der Waals surface area contributed by atoms with E-state index in [1.807, 2.05) is 0 Å². The van der Waals surface area contributed by atoms with Gasteiger partial charge in [-0.05, 0) is 40.2 Å². The van der Waals surface area contributed by atoms with Crippen molar-refractivity contribution < 1.29 is 14.3 Å². The second kappa shape index (κ2) is 6.00. The fourth-order valence-corrected chi connectivity index (χ4v) is 3.09. The molecule has 0 unspecified atom stereocenters. The van der Waals surface area contributed by atoms with Crippen LogP contribution in [0, 0.1) is 6.92 Å². The molecule has 0 fully saturated rings. The molecule has 118 valence electrons. The average molecular weight is 322 g/mol. The van der Waals surface area contributed by atoms with E-state index in [1.54, 1.807) is 27.7 Å². The first-order valence-electron chi connectivity index (χ1n) is 6.95. The molecule has 6 nitrogen and oxygen atoms in total. The Morgan fingerprint density at radius 3 is 2.50 bits per heavy atom. The van der Waals surface area contributed by atoms with Crippen LogP contribution >= 0.6 is 11.3 Å². The van der Waals surface area contributed by atoms with Gasteiger partial charge in [0.15, 0.2) is 5.78 Å². The highest BCUT2D eigenvalue weighted by atomic mass is 32.1. The summed E-state index contributed by atoms with van der Waals surface area (Å²) in [5.41, 5.74) is 0.235. The second-order valence-electron chi connectivity index (χ2n) is 5.43. The Morgan fingerprint density at radius 2 is 1.95 bits per heavy atom. The van der Waals surface area contributed by atoms with Gasteiger partial charge in [0.25, 0.3) is 5.56 Å². The summed E-state index contributed by atoms with van der Waals surface area (Å²) in [4.78, 5) is 41.2. The van der Waals surface area contributed by atoms with Crippen LogP contribution in [0.2, 0.25) is 0 Å². The fourth-order valence-electron chi connectivity index (χ4n) is 2.07. The van der Waals surface area contributed by atoms with Crippen LogP contribution in [-0.2, 0) is 9.53 Å². The van der Waals surface area contributed by atoms with Gasteiger partial charge in [0.1, 0.15) is 9.71 Å². The lowest BCUT2D eigenvalue weighted by Crippen LogP contribution is -2.27. The number of rotatable bonds is 4. The van der Waals surface area contributed by atoms with Crippen molar-refractivity contribution in [3.05, 3.63) is 27.1 Å². The molecule has 0 amide bonds. The highest BCUT2D eigenvalue weighted by molar-refractivity contribution is 7.20. The summed E-state index contributed by atoms with van der Waals surface area (Å²) in [7, 11) is 0. The van der Waals surface area contributed by atoms with Crippen molar-refractivity contribution in [2.45, 2.75) is 46.8 Å². The van der Waals surface area contributed by atoms with Crippen molar-refractivity contribution in [2.75, 3.05) is 0 Å². The number of hydrogen-bond acceptors (Lipinski definition) is 6. The first-order valence-corrected chi connectivity index (χ1v) is 7.77. The maximum Gasteiger partial charge on any atom is 0.348 e. The minimum absolute atomic E-state index is 0.129. The van der Waals surface area contributed by atoms with E-state index in [0.29, 0.717) is 20.7 Å². The van der Waals surface area contributed by atoms with Gasteiger partial charge in [-0.2, -0.15) is 0 Å². The smallest absolute Gasteiger partial charge is 0.348 e. The van der Waals surface area contributed by atoms with Crippen molar-refractivity contribution in [3.63, 3.8) is 0 Å². The molecule has 0 saturated carbocycles. The monoisotopic (exact) mass is 322 g/mol. The van der Waals surface area contributed by atoms with E-state index in [0.717, 1.165) is 11.3 Å². The molecule has 0 saturated heterocycles. The SMILES string of the molecule is CC(=O)[C@H](C)n1cnc2sc(C(=O)OC(C)C)c(C)c2c1=O. The summed E-state index contributed by atoms with van der Waals surface area (Å²) in [6, 6.07) is -0.588. The van der Waals surface area contributed by atoms with Gasteiger partial charge in [-0.1, -0.05) is 0 Å². The van der Waals surface area contributed by atoms with E-state index in [1.165, 1.54) is 17.8 Å². The summed E-state index contributed by atoms with van der Waals surface area (Å²) in [6.07, 6.45) is 1.11. The van der Waals surface area contributed by atoms with Crippen molar-refractivity contribution in [3.8, 4) is 0 Å². The third-order valence-electron chi connectivity index (χ3n) is 3.41. The van der Waals surface area contributed by atoms with Gasteiger partial charge in [0, 0.05) is 0 Å². The number of hydrogen-bond donors (Lipinski definition) is 0. The summed E-state index contributed by atoms with van der Waals surface area (Å²) in [5, 5.41) is 0.372. The van der Waals surface area contributed by atoms with Crippen LogP contribution < -0.4 is 5.56 Å². The van der Waals surface area contributed by atoms with Crippen molar-refractivity contribution in [1.29, 1.82) is 0 Å². The number of carbonyl (C=O) groups is 2. The maximum atomic E-state index is 12.6. The highest BCUT2D eigenvalue weighted by Gasteiger charge is 2.22. The van der Waals surface area contributed by atoms with Crippen LogP contribution in [0.25, 0.3) is 10.2 Å². The number of ketones is 1. The number of Topliss-reactive ketones (excluding diaryl/α,β-unsaturated/α-hetero) is 1. The van der Waals surface area contributed by atoms with Crippen LogP contribution in [-0.4, -0.2) is 27.4 Å². The van der Waals surface area contributed by atoms with Gasteiger partial charge < -0.3 is 4.74 Å². The molecule has 0 bridgehead atoms. The zero-order valence-corrected chi connectivity index (χ0v) is 14.0. The van der Waals surface area contributed by atoms with Crippen LogP contribution in [0.15, 0.2) is 11.1 Å². The standard InChI is InChI=1S/C15H18N2O4S/c1-7(2)21-15(20)12-8(3)11-13(22-12)16-6-17(14(11)19)9(4)10(5)18/h6-7,9H,1-5H3/t9-/m0/s1. The van der Waals surface area contributed by atoms with Crippen molar-refractivity contribution >= 4 is 33.3 Å². The summed E-state index contributed by atoms with van der Waals surface area (Å²) in [5.74, 6) is -0.586. The number of aromatic nitrogens is 2. The largest absolute Gasteiger partial charge is 0.459 e. The normalized spacial score (nSPS) is 12.6. The Balaban J connectivity index is 2.62. The lowest BCUT2D eigenvalue weighted by atomic mass is 10.2. The highest BCUT2D eigenvalue weighted by Crippen LogP contribution is 2.28. The summed E-state index contributed by atoms with van der Waals surface area (Å²) < 4.78 is 6.48. The van der Waals surface area contributed by atoms with E-state index in [2.05, 4.69) is 4.98 Å². The van der Waals surface area contributed by atoms with Crippen LogP contribution in [0.3, 0.4) is 0 Å². The second-order valence-corrected chi connectivity index (χ2v) is 6.43. The molecule has 0 aliphatic rings. The molecule has 22 heavy (non-hydrogen) atoms. The molecule has 0 aromatic carbocycles. The predicted octanol–water partition coefficient (Wildman–Crippen LogP) is 2.48. The van der Waals surface area contributed by atoms with E-state index >= 15 is 0 Å². The van der Waals surface area contributed by atoms with Gasteiger partial charge in [-0.15, -0.1) is 11.3 Å². The molecular weight excluding hydrogens is 304 g/mol. The number of fused-ring (bicyclic) bond motifs is 1. The topological polar surface area (TPSA) is 78.3 Å². The van der Waals surface area contributed by atoms with Crippen LogP contribution in [0.5, 0.6) is 0 Å². The zero-order valence-electron chi connectivity index (χ0n) is 13.2. The molecule has 0 radical (unpaired) electrons. The van der Waals surface area contributed by atoms with Gasteiger partial charge in [-0.25, -0.2) is 9.78 Å². The lowest BCUT2D eigenvalue weighted by molar-refractivity contribution is -0.119. The first kappa shape index (κ1) is 16.4. The number of carbonyl (C=O) groups excluding carboxylic acids is 2. The lowest BCUT2D eigenvalue weighted by Gasteiger charge is -2.10. The number of thiophene rings is 1. The molecule has 0 N–H and O–H groups in total. The molecule has 2 aromatic rings. The molecule has 2 heterocycles. The summed E-state index contributed by atoms with van der Waals surface area (Å²) in [6.45, 7) is 8.29. The Bertz CT molecular complexity index is 804. The third kappa shape index (κ3) is 2.81. The van der Waals surface area contributed by atoms with E-state index < -0.39 is 12.0 Å². The fraction of sp³-hybridized carbons (Fsp3) is 0.467. The molecule has 2 aromatic heterocycles. The van der Waals surface area contributed by atoms with E-state index in [9.17, 15) is 14.4 Å². The zero-order chi connectivity index (χ0) is 16.6. The van der Waals surface area contributed by atoms with E-state index in [-0.39, 0.29) is 17.4 Å². The Kier molecular flexibility index (Phi) is 4.46. The third-order valence-corrected chi connectivity index (χ3v) is 4.59. The van der Waals surface area contributed by atoms with Gasteiger partial charge in [-0.3, -0.25) is 14.2 Å². The maximum absolute atomic E-state index is 12.6. The molecule has 0 aliphatic carbocycles. The quantitative estimate of drug-likeness (QED) is 0.808. The van der Waals surface area contributed by atoms with Gasteiger partial charge in [0.2, 0.25) is 0 Å². The summed E-state index contributed by atoms with van der Waals surface area (Å²) >= 11 is 1.13. The molecule has 0 aliphatic heterocycles. The average Bonchev–Trinajstić information content (AvgIpc) is 2.75. The molecular formula is C15H18N2O4S. The number of nitrogens with zero attached hydrogens (tertiary/aromatic N) is 2. The molecule has 2 rings (SSSR count). The van der Waals surface area contributed by atoms with Crippen molar-refractivity contribution in [2.24, 2.45) is 0 Å².